The van der Waals surface area contributed by atoms with Crippen LogP contribution in [0.4, 0.5) is 11.4 Å². The van der Waals surface area contributed by atoms with Crippen LogP contribution >= 0.6 is 15.9 Å². The highest BCUT2D eigenvalue weighted by atomic mass is 79.9. The summed E-state index contributed by atoms with van der Waals surface area (Å²) in [5, 5.41) is 2.86. The fraction of sp³-hybridized carbons (Fsp3) is 0.250. The topological polar surface area (TPSA) is 66.5 Å². The summed E-state index contributed by atoms with van der Waals surface area (Å²) in [5.41, 5.74) is 2.97. The molecule has 3 fully saturated rings. The number of anilines is 2. The van der Waals surface area contributed by atoms with Crippen molar-refractivity contribution in [1.29, 1.82) is 0 Å². The zero-order chi connectivity index (χ0) is 23.4. The Kier molecular flexibility index (Phi) is 5.14. The third-order valence-electron chi connectivity index (χ3n) is 7.73. The number of hydrogen-bond acceptors (Lipinski definition) is 3. The van der Waals surface area contributed by atoms with Crippen LogP contribution in [0.5, 0.6) is 0 Å². The molecule has 0 spiro atoms. The lowest BCUT2D eigenvalue weighted by molar-refractivity contribution is -0.123. The molecular formula is C28H23BrN2O3. The second-order valence-electron chi connectivity index (χ2n) is 9.48. The van der Waals surface area contributed by atoms with E-state index < -0.39 is 0 Å². The van der Waals surface area contributed by atoms with E-state index in [0.29, 0.717) is 22.9 Å². The van der Waals surface area contributed by atoms with E-state index in [1.165, 1.54) is 10.5 Å². The maximum atomic E-state index is 13.5. The van der Waals surface area contributed by atoms with Crippen LogP contribution in [-0.2, 0) is 9.59 Å². The van der Waals surface area contributed by atoms with Crippen LogP contribution in [0.15, 0.2) is 83.3 Å². The molecule has 2 aliphatic carbocycles. The average molecular weight is 515 g/mol. The Morgan fingerprint density at radius 2 is 1.50 bits per heavy atom. The third kappa shape index (κ3) is 3.40. The highest BCUT2D eigenvalue weighted by Gasteiger charge is 2.64. The molecule has 1 heterocycles. The molecule has 1 saturated heterocycles. The van der Waals surface area contributed by atoms with Crippen LogP contribution in [-0.4, -0.2) is 17.7 Å². The Morgan fingerprint density at radius 3 is 2.21 bits per heavy atom. The van der Waals surface area contributed by atoms with Gasteiger partial charge in [-0.15, -0.1) is 0 Å². The largest absolute Gasteiger partial charge is 0.322 e. The summed E-state index contributed by atoms with van der Waals surface area (Å²) in [7, 11) is 0. The molecular weight excluding hydrogens is 492 g/mol. The van der Waals surface area contributed by atoms with Gasteiger partial charge in [0.2, 0.25) is 11.8 Å². The standard InChI is InChI=1S/C28H23BrN2O3/c29-19-8-10-20(11-9-19)30-26(32)17-6-12-21(13-7-17)31-27(33)24-18-14-22(16-4-2-1-3-5-16)23(15-18)25(24)28(31)34/h1-13,18,22-25H,14-15H2,(H,30,32)/t18-,22-,23+,24+,25+/m0/s1. The number of halogens is 1. The average Bonchev–Trinajstić information content (AvgIpc) is 3.52. The highest BCUT2D eigenvalue weighted by Crippen LogP contribution is 2.61. The van der Waals surface area contributed by atoms with Crippen molar-refractivity contribution in [3.63, 3.8) is 0 Å². The molecule has 5 atom stereocenters. The monoisotopic (exact) mass is 514 g/mol. The number of nitrogens with zero attached hydrogens (tertiary/aromatic N) is 1. The van der Waals surface area contributed by atoms with Crippen LogP contribution < -0.4 is 10.2 Å². The molecule has 34 heavy (non-hydrogen) atoms. The van der Waals surface area contributed by atoms with Crippen molar-refractivity contribution in [2.75, 3.05) is 10.2 Å². The van der Waals surface area contributed by atoms with Crippen molar-refractivity contribution >= 4 is 45.0 Å². The predicted octanol–water partition coefficient (Wildman–Crippen LogP) is 5.63. The van der Waals surface area contributed by atoms with Gasteiger partial charge in [0.15, 0.2) is 0 Å². The van der Waals surface area contributed by atoms with Crippen molar-refractivity contribution in [2.45, 2.75) is 18.8 Å². The molecule has 3 amide bonds. The van der Waals surface area contributed by atoms with E-state index in [9.17, 15) is 14.4 Å². The van der Waals surface area contributed by atoms with Crippen LogP contribution in [0.2, 0.25) is 0 Å². The van der Waals surface area contributed by atoms with Crippen LogP contribution in [0.1, 0.15) is 34.7 Å². The van der Waals surface area contributed by atoms with Crippen molar-refractivity contribution in [3.8, 4) is 0 Å². The first-order chi connectivity index (χ1) is 16.5. The smallest absolute Gasteiger partial charge is 0.255 e. The molecule has 0 radical (unpaired) electrons. The van der Waals surface area contributed by atoms with E-state index in [1.807, 2.05) is 42.5 Å². The van der Waals surface area contributed by atoms with Gasteiger partial charge in [0, 0.05) is 15.7 Å². The summed E-state index contributed by atoms with van der Waals surface area (Å²) in [6, 6.07) is 24.4. The first kappa shape index (κ1) is 21.3. The summed E-state index contributed by atoms with van der Waals surface area (Å²) in [4.78, 5) is 40.8. The molecule has 2 bridgehead atoms. The maximum Gasteiger partial charge on any atom is 0.255 e. The number of fused-ring (bicyclic) bond motifs is 5. The predicted molar refractivity (Wildman–Crippen MR) is 133 cm³/mol. The van der Waals surface area contributed by atoms with Crippen molar-refractivity contribution in [2.24, 2.45) is 23.7 Å². The zero-order valence-corrected chi connectivity index (χ0v) is 19.9. The van der Waals surface area contributed by atoms with Gasteiger partial charge in [0.25, 0.3) is 5.91 Å². The van der Waals surface area contributed by atoms with E-state index in [0.717, 1.165) is 17.3 Å². The normalized spacial score (nSPS) is 27.2. The number of amides is 3. The van der Waals surface area contributed by atoms with Gasteiger partial charge >= 0.3 is 0 Å². The first-order valence-corrected chi connectivity index (χ1v) is 12.4. The van der Waals surface area contributed by atoms with Crippen LogP contribution in [0.3, 0.4) is 0 Å². The number of nitrogens with one attached hydrogen (secondary N) is 1. The lowest BCUT2D eigenvalue weighted by Crippen LogP contribution is -2.33. The summed E-state index contributed by atoms with van der Waals surface area (Å²) >= 11 is 3.38. The molecule has 6 rings (SSSR count). The number of rotatable bonds is 4. The van der Waals surface area contributed by atoms with Gasteiger partial charge in [-0.2, -0.15) is 0 Å². The summed E-state index contributed by atoms with van der Waals surface area (Å²) in [6.45, 7) is 0. The van der Waals surface area contributed by atoms with Gasteiger partial charge in [-0.1, -0.05) is 46.3 Å². The Morgan fingerprint density at radius 1 is 0.824 bits per heavy atom. The molecule has 3 aromatic carbocycles. The highest BCUT2D eigenvalue weighted by molar-refractivity contribution is 9.10. The molecule has 170 valence electrons. The number of carbonyl (C=O) groups excluding carboxylic acids is 3. The Bertz CT molecular complexity index is 1270. The Labute approximate surface area is 206 Å². The SMILES string of the molecule is O=C(Nc1ccc(Br)cc1)c1ccc(N2C(=O)[C@@H]3[C@@H]4C[C@@H]([C@H]3C2=O)[C@H](c2ccccc2)C4)cc1. The van der Waals surface area contributed by atoms with Crippen LogP contribution in [0, 0.1) is 23.7 Å². The molecule has 3 aromatic rings. The van der Waals surface area contributed by atoms with E-state index in [-0.39, 0.29) is 41.4 Å². The molecule has 0 aromatic heterocycles. The van der Waals surface area contributed by atoms with E-state index in [1.54, 1.807) is 24.3 Å². The number of carbonyl (C=O) groups is 3. The maximum absolute atomic E-state index is 13.5. The fourth-order valence-corrected chi connectivity index (χ4v) is 6.56. The van der Waals surface area contributed by atoms with E-state index >= 15 is 0 Å². The van der Waals surface area contributed by atoms with Gasteiger partial charge in [-0.05, 0) is 84.7 Å². The number of hydrogen-bond donors (Lipinski definition) is 1. The minimum atomic E-state index is -0.242. The van der Waals surface area contributed by atoms with Crippen molar-refractivity contribution in [3.05, 3.63) is 94.5 Å². The molecule has 1 aliphatic heterocycles. The van der Waals surface area contributed by atoms with Gasteiger partial charge in [-0.25, -0.2) is 0 Å². The quantitative estimate of drug-likeness (QED) is 0.458. The Balaban J connectivity index is 1.20. The molecule has 2 saturated carbocycles. The molecule has 1 N–H and O–H groups in total. The van der Waals surface area contributed by atoms with Crippen molar-refractivity contribution < 1.29 is 14.4 Å². The zero-order valence-electron chi connectivity index (χ0n) is 18.4. The molecule has 0 unspecified atom stereocenters. The first-order valence-electron chi connectivity index (χ1n) is 11.6. The second-order valence-corrected chi connectivity index (χ2v) is 10.4. The van der Waals surface area contributed by atoms with E-state index in [4.69, 9.17) is 0 Å². The third-order valence-corrected chi connectivity index (χ3v) is 8.26. The molecule has 6 heteroatoms. The lowest BCUT2D eigenvalue weighted by atomic mass is 9.73. The van der Waals surface area contributed by atoms with Crippen molar-refractivity contribution in [1.82, 2.24) is 0 Å². The van der Waals surface area contributed by atoms with Gasteiger partial charge in [0.05, 0.1) is 17.5 Å². The summed E-state index contributed by atoms with van der Waals surface area (Å²) < 4.78 is 0.933. The molecule has 3 aliphatic rings. The number of imide groups is 1. The molecule has 5 nitrogen and oxygen atoms in total. The Hall–Kier alpha value is -3.25. The van der Waals surface area contributed by atoms with Gasteiger partial charge < -0.3 is 5.32 Å². The summed E-state index contributed by atoms with van der Waals surface area (Å²) in [6.07, 6.45) is 1.92. The summed E-state index contributed by atoms with van der Waals surface area (Å²) in [5.74, 6) is -0.0410. The number of benzene rings is 3. The minimum absolute atomic E-state index is 0.0823. The van der Waals surface area contributed by atoms with E-state index in [2.05, 4.69) is 33.4 Å². The van der Waals surface area contributed by atoms with Gasteiger partial charge in [-0.3, -0.25) is 19.3 Å². The van der Waals surface area contributed by atoms with Gasteiger partial charge in [0.1, 0.15) is 0 Å². The second kappa shape index (κ2) is 8.20. The fourth-order valence-electron chi connectivity index (χ4n) is 6.30. The minimum Gasteiger partial charge on any atom is -0.322 e. The van der Waals surface area contributed by atoms with Crippen LogP contribution in [0.25, 0.3) is 0 Å². The lowest BCUT2D eigenvalue weighted by Gasteiger charge is -2.28.